The number of hydrogen-bond donors (Lipinski definition) is 0. The van der Waals surface area contributed by atoms with Crippen molar-refractivity contribution in [1.82, 2.24) is 9.88 Å². The molecule has 1 aromatic heterocycles. The Balaban J connectivity index is 1.82. The lowest BCUT2D eigenvalue weighted by Crippen LogP contribution is -2.30. The highest BCUT2D eigenvalue weighted by atomic mass is 35.5. The van der Waals surface area contributed by atoms with Crippen LogP contribution in [0, 0.1) is 0 Å². The number of halogens is 1. The highest BCUT2D eigenvalue weighted by Gasteiger charge is 2.11. The van der Waals surface area contributed by atoms with Crippen LogP contribution in [0.1, 0.15) is 10.4 Å². The van der Waals surface area contributed by atoms with E-state index in [-0.39, 0.29) is 5.91 Å². The first-order valence-corrected chi connectivity index (χ1v) is 6.58. The van der Waals surface area contributed by atoms with E-state index in [0.29, 0.717) is 23.7 Å². The number of carbonyl (C=O) groups excluding carboxylic acids is 1. The third-order valence-electron chi connectivity index (χ3n) is 2.76. The molecule has 0 unspecified atom stereocenters. The van der Waals surface area contributed by atoms with Gasteiger partial charge < -0.3 is 9.64 Å². The molecule has 0 spiro atoms. The zero-order valence-corrected chi connectivity index (χ0v) is 11.9. The van der Waals surface area contributed by atoms with Crippen LogP contribution in [-0.4, -0.2) is 36.0 Å². The smallest absolute Gasteiger partial charge is 0.255 e. The van der Waals surface area contributed by atoms with Gasteiger partial charge >= 0.3 is 0 Å². The van der Waals surface area contributed by atoms with E-state index in [2.05, 4.69) is 4.98 Å². The molecule has 0 atom stereocenters. The Bertz CT molecular complexity index is 558. The van der Waals surface area contributed by atoms with E-state index in [1.807, 2.05) is 0 Å². The van der Waals surface area contributed by atoms with Crippen molar-refractivity contribution in [3.8, 4) is 5.75 Å². The molecule has 0 bridgehead atoms. The Kier molecular flexibility index (Phi) is 4.96. The molecule has 0 aliphatic heterocycles. The van der Waals surface area contributed by atoms with Crippen molar-refractivity contribution in [3.05, 3.63) is 59.4 Å². The maximum atomic E-state index is 12.0. The van der Waals surface area contributed by atoms with Crippen molar-refractivity contribution in [1.29, 1.82) is 0 Å². The molecular weight excluding hydrogens is 276 g/mol. The molecule has 1 heterocycles. The highest BCUT2D eigenvalue weighted by Crippen LogP contribution is 2.15. The molecule has 1 aromatic carbocycles. The predicted octanol–water partition coefficient (Wildman–Crippen LogP) is 2.89. The third kappa shape index (κ3) is 3.96. The first-order valence-electron chi connectivity index (χ1n) is 6.20. The zero-order valence-electron chi connectivity index (χ0n) is 11.1. The lowest BCUT2D eigenvalue weighted by Gasteiger charge is -2.17. The molecule has 5 heteroatoms. The molecule has 0 aliphatic carbocycles. The molecule has 0 saturated carbocycles. The number of ether oxygens (including phenoxy) is 1. The van der Waals surface area contributed by atoms with Crippen LogP contribution in [0.4, 0.5) is 0 Å². The number of hydrogen-bond acceptors (Lipinski definition) is 3. The molecule has 0 fully saturated rings. The van der Waals surface area contributed by atoms with Crippen LogP contribution in [0.15, 0.2) is 48.8 Å². The summed E-state index contributed by atoms with van der Waals surface area (Å²) >= 11 is 5.79. The summed E-state index contributed by atoms with van der Waals surface area (Å²) in [6.07, 6.45) is 3.19. The van der Waals surface area contributed by atoms with Gasteiger partial charge in [0.25, 0.3) is 5.91 Å². The summed E-state index contributed by atoms with van der Waals surface area (Å²) in [4.78, 5) is 17.6. The third-order valence-corrected chi connectivity index (χ3v) is 3.02. The van der Waals surface area contributed by atoms with Gasteiger partial charge in [-0.3, -0.25) is 9.78 Å². The summed E-state index contributed by atoms with van der Waals surface area (Å²) in [5, 5.41) is 0.668. The summed E-state index contributed by atoms with van der Waals surface area (Å²) in [5.41, 5.74) is 0.571. The minimum atomic E-state index is -0.0715. The van der Waals surface area contributed by atoms with Gasteiger partial charge in [-0.15, -0.1) is 0 Å². The van der Waals surface area contributed by atoms with Crippen molar-refractivity contribution in [2.24, 2.45) is 0 Å². The second kappa shape index (κ2) is 6.91. The SMILES string of the molecule is CN(CCOc1ccc(Cl)cc1)C(=O)c1cccnc1. The van der Waals surface area contributed by atoms with Gasteiger partial charge in [0.2, 0.25) is 0 Å². The first-order chi connectivity index (χ1) is 9.66. The van der Waals surface area contributed by atoms with Crippen molar-refractivity contribution in [2.45, 2.75) is 0 Å². The van der Waals surface area contributed by atoms with Gasteiger partial charge in [-0.05, 0) is 36.4 Å². The van der Waals surface area contributed by atoms with Crippen LogP contribution in [0.5, 0.6) is 5.75 Å². The predicted molar refractivity (Wildman–Crippen MR) is 78.1 cm³/mol. The zero-order chi connectivity index (χ0) is 14.4. The van der Waals surface area contributed by atoms with Crippen LogP contribution >= 0.6 is 11.6 Å². The van der Waals surface area contributed by atoms with E-state index in [4.69, 9.17) is 16.3 Å². The Hall–Kier alpha value is -2.07. The van der Waals surface area contributed by atoms with E-state index in [9.17, 15) is 4.79 Å². The maximum Gasteiger partial charge on any atom is 0.255 e. The minimum Gasteiger partial charge on any atom is -0.492 e. The van der Waals surface area contributed by atoms with E-state index < -0.39 is 0 Å². The van der Waals surface area contributed by atoms with Crippen LogP contribution in [0.2, 0.25) is 5.02 Å². The van der Waals surface area contributed by atoms with Crippen LogP contribution in [0.3, 0.4) is 0 Å². The van der Waals surface area contributed by atoms with E-state index in [1.54, 1.807) is 60.7 Å². The number of nitrogens with zero attached hydrogens (tertiary/aromatic N) is 2. The molecular formula is C15H15ClN2O2. The molecule has 1 amide bonds. The van der Waals surface area contributed by atoms with Crippen molar-refractivity contribution in [2.75, 3.05) is 20.2 Å². The van der Waals surface area contributed by atoms with Gasteiger partial charge in [0, 0.05) is 24.5 Å². The molecule has 104 valence electrons. The molecule has 0 saturated heterocycles. The Morgan fingerprint density at radius 3 is 2.70 bits per heavy atom. The van der Waals surface area contributed by atoms with Gasteiger partial charge in [-0.25, -0.2) is 0 Å². The highest BCUT2D eigenvalue weighted by molar-refractivity contribution is 6.30. The number of pyridine rings is 1. The molecule has 4 nitrogen and oxygen atoms in total. The quantitative estimate of drug-likeness (QED) is 0.850. The van der Waals surface area contributed by atoms with Crippen LogP contribution < -0.4 is 4.74 Å². The standard InChI is InChI=1S/C15H15ClN2O2/c1-18(15(19)12-3-2-8-17-11-12)9-10-20-14-6-4-13(16)5-7-14/h2-8,11H,9-10H2,1H3. The van der Waals surface area contributed by atoms with E-state index in [0.717, 1.165) is 5.75 Å². The average molecular weight is 291 g/mol. The van der Waals surface area contributed by atoms with Crippen LogP contribution in [-0.2, 0) is 0 Å². The van der Waals surface area contributed by atoms with Crippen molar-refractivity contribution in [3.63, 3.8) is 0 Å². The summed E-state index contributed by atoms with van der Waals surface area (Å²) < 4.78 is 5.55. The molecule has 0 aliphatic rings. The van der Waals surface area contributed by atoms with Gasteiger partial charge in [-0.1, -0.05) is 11.6 Å². The number of likely N-dealkylation sites (N-methyl/N-ethyl adjacent to an activating group) is 1. The second-order valence-corrected chi connectivity index (χ2v) is 4.71. The summed E-state index contributed by atoms with van der Waals surface area (Å²) in [6, 6.07) is 10.6. The molecule has 2 aromatic rings. The Morgan fingerprint density at radius 1 is 1.30 bits per heavy atom. The summed E-state index contributed by atoms with van der Waals surface area (Å²) in [6.45, 7) is 0.917. The van der Waals surface area contributed by atoms with E-state index >= 15 is 0 Å². The van der Waals surface area contributed by atoms with Crippen molar-refractivity contribution < 1.29 is 9.53 Å². The average Bonchev–Trinajstić information content (AvgIpc) is 2.49. The number of amides is 1. The normalized spacial score (nSPS) is 10.1. The topological polar surface area (TPSA) is 42.4 Å². The number of rotatable bonds is 5. The van der Waals surface area contributed by atoms with E-state index in [1.165, 1.54) is 0 Å². The fourth-order valence-corrected chi connectivity index (χ4v) is 1.77. The van der Waals surface area contributed by atoms with Gasteiger partial charge in [0.15, 0.2) is 0 Å². The minimum absolute atomic E-state index is 0.0715. The maximum absolute atomic E-state index is 12.0. The lowest BCUT2D eigenvalue weighted by atomic mass is 10.2. The summed E-state index contributed by atoms with van der Waals surface area (Å²) in [7, 11) is 1.74. The first kappa shape index (κ1) is 14.3. The fourth-order valence-electron chi connectivity index (χ4n) is 1.64. The number of aromatic nitrogens is 1. The molecule has 0 radical (unpaired) electrons. The second-order valence-electron chi connectivity index (χ2n) is 4.27. The van der Waals surface area contributed by atoms with Gasteiger partial charge in [-0.2, -0.15) is 0 Å². The fraction of sp³-hybridized carbons (Fsp3) is 0.200. The molecule has 2 rings (SSSR count). The monoisotopic (exact) mass is 290 g/mol. The molecule has 0 N–H and O–H groups in total. The van der Waals surface area contributed by atoms with Crippen molar-refractivity contribution >= 4 is 17.5 Å². The van der Waals surface area contributed by atoms with Gasteiger partial charge in [0.1, 0.15) is 12.4 Å². The summed E-state index contributed by atoms with van der Waals surface area (Å²) in [5.74, 6) is 0.662. The largest absolute Gasteiger partial charge is 0.492 e. The van der Waals surface area contributed by atoms with Gasteiger partial charge in [0.05, 0.1) is 12.1 Å². The lowest BCUT2D eigenvalue weighted by molar-refractivity contribution is 0.0773. The molecule has 20 heavy (non-hydrogen) atoms. The van der Waals surface area contributed by atoms with Crippen LogP contribution in [0.25, 0.3) is 0 Å². The Morgan fingerprint density at radius 2 is 2.05 bits per heavy atom. The number of benzene rings is 1. The number of carbonyl (C=O) groups is 1. The Labute approximate surface area is 123 Å².